The van der Waals surface area contributed by atoms with Gasteiger partial charge in [-0.25, -0.2) is 4.79 Å². The Labute approximate surface area is 178 Å². The normalized spacial score (nSPS) is 15.4. The van der Waals surface area contributed by atoms with Crippen LogP contribution >= 0.6 is 0 Å². The number of methoxy groups -OCH3 is 1. The zero-order chi connectivity index (χ0) is 21.3. The predicted octanol–water partition coefficient (Wildman–Crippen LogP) is 2.90. The van der Waals surface area contributed by atoms with Crippen LogP contribution in [0.15, 0.2) is 48.5 Å². The Morgan fingerprint density at radius 1 is 1.13 bits per heavy atom. The number of carbonyl (C=O) groups is 2. The summed E-state index contributed by atoms with van der Waals surface area (Å²) >= 11 is 0. The maximum atomic E-state index is 12.5. The summed E-state index contributed by atoms with van der Waals surface area (Å²) in [7, 11) is 1.36. The molecule has 2 aromatic rings. The van der Waals surface area contributed by atoms with Crippen molar-refractivity contribution >= 4 is 11.9 Å². The van der Waals surface area contributed by atoms with Crippen molar-refractivity contribution in [1.29, 1.82) is 0 Å². The number of amides is 1. The van der Waals surface area contributed by atoms with Crippen LogP contribution in [0.1, 0.15) is 39.5 Å². The molecule has 0 spiro atoms. The maximum Gasteiger partial charge on any atom is 0.337 e. The van der Waals surface area contributed by atoms with E-state index in [1.165, 1.54) is 18.2 Å². The Hall–Kier alpha value is -2.70. The molecule has 1 amide bonds. The van der Waals surface area contributed by atoms with Crippen LogP contribution in [-0.2, 0) is 20.7 Å². The molecule has 0 saturated carbocycles. The predicted molar refractivity (Wildman–Crippen MR) is 115 cm³/mol. The van der Waals surface area contributed by atoms with Gasteiger partial charge in [0.25, 0.3) is 0 Å². The number of hydrogen-bond donors (Lipinski definition) is 1. The average molecular weight is 411 g/mol. The van der Waals surface area contributed by atoms with Crippen molar-refractivity contribution in [3.8, 4) is 0 Å². The Morgan fingerprint density at radius 2 is 1.87 bits per heavy atom. The topological polar surface area (TPSA) is 67.9 Å². The standard InChI is InChI=1S/C24H30N2O4/c1-18-4-3-5-21(16-18)22(26-12-14-30-15-13-26)17-25-23(27)11-8-19-6-9-20(10-7-19)24(28)29-2/h3-7,9-10,16,22H,8,11-15,17H2,1-2H3,(H,25,27). The van der Waals surface area contributed by atoms with Gasteiger partial charge in [-0.15, -0.1) is 0 Å². The van der Waals surface area contributed by atoms with Crippen molar-refractivity contribution in [3.63, 3.8) is 0 Å². The van der Waals surface area contributed by atoms with Crippen molar-refractivity contribution in [2.45, 2.75) is 25.8 Å². The molecule has 1 aliphatic heterocycles. The van der Waals surface area contributed by atoms with Gasteiger partial charge in [-0.3, -0.25) is 9.69 Å². The third kappa shape index (κ3) is 6.15. The highest BCUT2D eigenvalue weighted by Crippen LogP contribution is 2.22. The Kier molecular flexibility index (Phi) is 7.99. The first kappa shape index (κ1) is 22.0. The van der Waals surface area contributed by atoms with E-state index in [0.717, 1.165) is 31.9 Å². The Morgan fingerprint density at radius 3 is 2.53 bits per heavy atom. The van der Waals surface area contributed by atoms with Crippen LogP contribution in [-0.4, -0.2) is 56.7 Å². The summed E-state index contributed by atoms with van der Waals surface area (Å²) in [5, 5.41) is 3.11. The lowest BCUT2D eigenvalue weighted by molar-refractivity contribution is -0.121. The van der Waals surface area contributed by atoms with E-state index in [1.54, 1.807) is 12.1 Å². The van der Waals surface area contributed by atoms with Crippen molar-refractivity contribution < 1.29 is 19.1 Å². The molecular formula is C24H30N2O4. The number of benzene rings is 2. The number of esters is 1. The van der Waals surface area contributed by atoms with E-state index < -0.39 is 0 Å². The fraction of sp³-hybridized carbons (Fsp3) is 0.417. The van der Waals surface area contributed by atoms with Gasteiger partial charge in [-0.2, -0.15) is 0 Å². The highest BCUT2D eigenvalue weighted by atomic mass is 16.5. The molecule has 6 heteroatoms. The van der Waals surface area contributed by atoms with E-state index in [-0.39, 0.29) is 17.9 Å². The molecule has 3 rings (SSSR count). The van der Waals surface area contributed by atoms with E-state index >= 15 is 0 Å². The molecule has 6 nitrogen and oxygen atoms in total. The van der Waals surface area contributed by atoms with Gasteiger partial charge in [0.2, 0.25) is 5.91 Å². The van der Waals surface area contributed by atoms with Crippen molar-refractivity contribution in [2.75, 3.05) is 40.0 Å². The first-order valence-corrected chi connectivity index (χ1v) is 10.4. The molecule has 1 atom stereocenters. The largest absolute Gasteiger partial charge is 0.465 e. The number of nitrogens with one attached hydrogen (secondary N) is 1. The second kappa shape index (κ2) is 10.9. The zero-order valence-corrected chi connectivity index (χ0v) is 17.7. The van der Waals surface area contributed by atoms with Crippen molar-refractivity contribution in [3.05, 3.63) is 70.8 Å². The second-order valence-corrected chi connectivity index (χ2v) is 7.57. The van der Waals surface area contributed by atoms with Gasteiger partial charge in [0.05, 0.1) is 31.9 Å². The van der Waals surface area contributed by atoms with Crippen molar-refractivity contribution in [2.24, 2.45) is 0 Å². The molecule has 1 heterocycles. The molecule has 1 saturated heterocycles. The summed E-state index contributed by atoms with van der Waals surface area (Å²) in [5.74, 6) is -0.331. The highest BCUT2D eigenvalue weighted by Gasteiger charge is 2.23. The first-order valence-electron chi connectivity index (χ1n) is 10.4. The lowest BCUT2D eigenvalue weighted by atomic mass is 10.0. The van der Waals surface area contributed by atoms with Crippen molar-refractivity contribution in [1.82, 2.24) is 10.2 Å². The van der Waals surface area contributed by atoms with Gasteiger partial charge in [-0.1, -0.05) is 42.0 Å². The summed E-state index contributed by atoms with van der Waals surface area (Å²) < 4.78 is 10.2. The second-order valence-electron chi connectivity index (χ2n) is 7.57. The number of hydrogen-bond acceptors (Lipinski definition) is 5. The summed E-state index contributed by atoms with van der Waals surface area (Å²) in [6.07, 6.45) is 1.03. The molecule has 1 fully saturated rings. The van der Waals surface area contributed by atoms with Crippen LogP contribution in [0.25, 0.3) is 0 Å². The minimum atomic E-state index is -0.357. The summed E-state index contributed by atoms with van der Waals surface area (Å²) in [6, 6.07) is 15.8. The van der Waals surface area contributed by atoms with Gasteiger partial charge >= 0.3 is 5.97 Å². The number of morpholine rings is 1. The number of rotatable bonds is 8. The van der Waals surface area contributed by atoms with Crippen LogP contribution in [0.4, 0.5) is 0 Å². The lowest BCUT2D eigenvalue weighted by Crippen LogP contribution is -2.43. The first-order chi connectivity index (χ1) is 14.6. The smallest absolute Gasteiger partial charge is 0.337 e. The molecule has 1 N–H and O–H groups in total. The summed E-state index contributed by atoms with van der Waals surface area (Å²) in [6.45, 7) is 5.82. The molecular weight excluding hydrogens is 380 g/mol. The zero-order valence-electron chi connectivity index (χ0n) is 17.7. The Bertz CT molecular complexity index is 845. The minimum absolute atomic E-state index is 0.0259. The molecule has 0 radical (unpaired) electrons. The SMILES string of the molecule is COC(=O)c1ccc(CCC(=O)NCC(c2cccc(C)c2)N2CCOCC2)cc1. The molecule has 0 aromatic heterocycles. The third-order valence-electron chi connectivity index (χ3n) is 5.42. The van der Waals surface area contributed by atoms with Crippen LogP contribution in [0, 0.1) is 6.92 Å². The van der Waals surface area contributed by atoms with Crippen LogP contribution in [0.2, 0.25) is 0 Å². The van der Waals surface area contributed by atoms with Gasteiger partial charge in [0.15, 0.2) is 0 Å². The van der Waals surface area contributed by atoms with E-state index in [0.29, 0.717) is 24.9 Å². The fourth-order valence-corrected chi connectivity index (χ4v) is 3.71. The molecule has 0 aliphatic carbocycles. The summed E-state index contributed by atoms with van der Waals surface area (Å²) in [4.78, 5) is 26.4. The van der Waals surface area contributed by atoms with E-state index in [2.05, 4.69) is 41.4 Å². The van der Waals surface area contributed by atoms with E-state index in [4.69, 9.17) is 9.47 Å². The average Bonchev–Trinajstić information content (AvgIpc) is 2.78. The highest BCUT2D eigenvalue weighted by molar-refractivity contribution is 5.89. The molecule has 1 unspecified atom stereocenters. The molecule has 2 aromatic carbocycles. The lowest BCUT2D eigenvalue weighted by Gasteiger charge is -2.35. The molecule has 160 valence electrons. The minimum Gasteiger partial charge on any atom is -0.465 e. The van der Waals surface area contributed by atoms with Crippen LogP contribution in [0.5, 0.6) is 0 Å². The maximum absolute atomic E-state index is 12.5. The van der Waals surface area contributed by atoms with Gasteiger partial charge in [0.1, 0.15) is 0 Å². The van der Waals surface area contributed by atoms with E-state index in [1.807, 2.05) is 12.1 Å². The van der Waals surface area contributed by atoms with Crippen LogP contribution in [0.3, 0.4) is 0 Å². The number of carbonyl (C=O) groups excluding carboxylic acids is 2. The molecule has 0 bridgehead atoms. The van der Waals surface area contributed by atoms with Gasteiger partial charge in [-0.05, 0) is 36.6 Å². The fourth-order valence-electron chi connectivity index (χ4n) is 3.71. The van der Waals surface area contributed by atoms with Gasteiger partial charge < -0.3 is 14.8 Å². The molecule has 1 aliphatic rings. The summed E-state index contributed by atoms with van der Waals surface area (Å²) in [5.41, 5.74) is 3.96. The monoisotopic (exact) mass is 410 g/mol. The number of nitrogens with zero attached hydrogens (tertiary/aromatic N) is 1. The number of ether oxygens (including phenoxy) is 2. The molecule has 30 heavy (non-hydrogen) atoms. The quantitative estimate of drug-likeness (QED) is 0.678. The van der Waals surface area contributed by atoms with Crippen LogP contribution < -0.4 is 5.32 Å². The third-order valence-corrected chi connectivity index (χ3v) is 5.42. The Balaban J connectivity index is 1.55. The van der Waals surface area contributed by atoms with E-state index in [9.17, 15) is 9.59 Å². The number of aryl methyl sites for hydroxylation is 2. The van der Waals surface area contributed by atoms with Gasteiger partial charge in [0, 0.05) is 26.1 Å².